The third-order valence-corrected chi connectivity index (χ3v) is 3.64. The van der Waals surface area contributed by atoms with E-state index in [0.717, 1.165) is 18.5 Å². The van der Waals surface area contributed by atoms with Gasteiger partial charge in [-0.1, -0.05) is 0 Å². The molecule has 1 saturated heterocycles. The molecule has 3 heterocycles. The van der Waals surface area contributed by atoms with Gasteiger partial charge in [-0.2, -0.15) is 5.10 Å². The summed E-state index contributed by atoms with van der Waals surface area (Å²) < 4.78 is 5.79. The van der Waals surface area contributed by atoms with E-state index in [4.69, 9.17) is 4.74 Å². The maximum absolute atomic E-state index is 12.3. The first-order valence-corrected chi connectivity index (χ1v) is 7.22. The highest BCUT2D eigenvalue weighted by atomic mass is 16.5. The first-order valence-electron chi connectivity index (χ1n) is 7.22. The topological polar surface area (TPSA) is 96.8 Å². The van der Waals surface area contributed by atoms with Gasteiger partial charge in [0.05, 0.1) is 12.2 Å². The summed E-state index contributed by atoms with van der Waals surface area (Å²) in [7, 11) is 0. The minimum atomic E-state index is -0.662. The molecule has 1 aromatic rings. The molecule has 1 fully saturated rings. The molecule has 1 aromatic heterocycles. The van der Waals surface area contributed by atoms with Crippen LogP contribution in [0.1, 0.15) is 18.5 Å². The zero-order valence-corrected chi connectivity index (χ0v) is 12.2. The predicted octanol–water partition coefficient (Wildman–Crippen LogP) is 0.317. The zero-order chi connectivity index (χ0) is 15.5. The van der Waals surface area contributed by atoms with Crippen LogP contribution < -0.4 is 10.1 Å². The lowest BCUT2D eigenvalue weighted by Gasteiger charge is -2.33. The molecule has 22 heavy (non-hydrogen) atoms. The Bertz CT molecular complexity index is 601. The van der Waals surface area contributed by atoms with E-state index >= 15 is 0 Å². The molecule has 2 aliphatic heterocycles. The van der Waals surface area contributed by atoms with E-state index in [1.165, 1.54) is 6.21 Å². The fraction of sp³-hybridized carbons (Fsp3) is 0.500. The summed E-state index contributed by atoms with van der Waals surface area (Å²) in [5.74, 6) is 0.304. The second kappa shape index (κ2) is 6.08. The molecule has 8 heteroatoms. The zero-order valence-electron chi connectivity index (χ0n) is 12.2. The molecule has 116 valence electrons. The van der Waals surface area contributed by atoms with Gasteiger partial charge in [0, 0.05) is 18.8 Å². The van der Waals surface area contributed by atoms with Crippen molar-refractivity contribution in [3.8, 4) is 5.88 Å². The highest BCUT2D eigenvalue weighted by molar-refractivity contribution is 6.07. The standard InChI is InChI=1S/C14H17N5O3/c1-9-4-5-12(18-17-9)22-10-3-2-6-19(8-10)13(20)11-7-15-14(21)16-11/h4-5,7,10-11H,2-3,6,8H2,1H3,(H,16,21). The Morgan fingerprint density at radius 2 is 2.27 bits per heavy atom. The molecular weight excluding hydrogens is 286 g/mol. The lowest BCUT2D eigenvalue weighted by molar-refractivity contribution is -0.134. The summed E-state index contributed by atoms with van der Waals surface area (Å²) in [4.78, 5) is 28.6. The molecule has 2 aliphatic rings. The van der Waals surface area contributed by atoms with Gasteiger partial charge in [-0.05, 0) is 25.8 Å². The molecular formula is C14H17N5O3. The van der Waals surface area contributed by atoms with Crippen LogP contribution in [-0.4, -0.2) is 58.5 Å². The van der Waals surface area contributed by atoms with Crippen molar-refractivity contribution in [2.45, 2.75) is 31.9 Å². The average Bonchev–Trinajstić information content (AvgIpc) is 2.96. The summed E-state index contributed by atoms with van der Waals surface area (Å²) in [6.07, 6.45) is 2.92. The van der Waals surface area contributed by atoms with Crippen molar-refractivity contribution in [2.24, 2.45) is 4.99 Å². The Morgan fingerprint density at radius 1 is 1.41 bits per heavy atom. The number of piperidine rings is 1. The summed E-state index contributed by atoms with van der Waals surface area (Å²) in [5.41, 5.74) is 0.823. The normalized spacial score (nSPS) is 24.2. The van der Waals surface area contributed by atoms with Gasteiger partial charge >= 0.3 is 6.03 Å². The third kappa shape index (κ3) is 3.21. The van der Waals surface area contributed by atoms with Gasteiger partial charge in [0.1, 0.15) is 12.1 Å². The van der Waals surface area contributed by atoms with Gasteiger partial charge in [0.2, 0.25) is 5.88 Å². The summed E-state index contributed by atoms with van der Waals surface area (Å²) in [6.45, 7) is 2.97. The number of aromatic nitrogens is 2. The molecule has 0 spiro atoms. The summed E-state index contributed by atoms with van der Waals surface area (Å²) >= 11 is 0. The van der Waals surface area contributed by atoms with E-state index in [1.54, 1.807) is 11.0 Å². The average molecular weight is 303 g/mol. The van der Waals surface area contributed by atoms with E-state index in [9.17, 15) is 9.59 Å². The maximum atomic E-state index is 12.3. The van der Waals surface area contributed by atoms with Gasteiger partial charge in [-0.3, -0.25) is 4.79 Å². The van der Waals surface area contributed by atoms with Crippen LogP contribution in [0.25, 0.3) is 0 Å². The van der Waals surface area contributed by atoms with E-state index in [0.29, 0.717) is 19.0 Å². The Labute approximate surface area is 127 Å². The molecule has 2 atom stereocenters. The second-order valence-corrected chi connectivity index (χ2v) is 5.38. The van der Waals surface area contributed by atoms with Crippen LogP contribution in [0.5, 0.6) is 5.88 Å². The van der Waals surface area contributed by atoms with Crippen molar-refractivity contribution in [1.29, 1.82) is 0 Å². The maximum Gasteiger partial charge on any atom is 0.341 e. The number of urea groups is 1. The van der Waals surface area contributed by atoms with Crippen molar-refractivity contribution in [1.82, 2.24) is 20.4 Å². The lowest BCUT2D eigenvalue weighted by atomic mass is 10.1. The molecule has 0 aromatic carbocycles. The molecule has 0 saturated carbocycles. The van der Waals surface area contributed by atoms with Crippen molar-refractivity contribution < 1.29 is 14.3 Å². The van der Waals surface area contributed by atoms with Gasteiger partial charge in [0.25, 0.3) is 5.91 Å². The smallest absolute Gasteiger partial charge is 0.341 e. The summed E-state index contributed by atoms with van der Waals surface area (Å²) in [6, 6.07) is 2.47. The number of aliphatic imine (C=N–C) groups is 1. The molecule has 3 rings (SSSR count). The molecule has 0 radical (unpaired) electrons. The first kappa shape index (κ1) is 14.4. The molecule has 8 nitrogen and oxygen atoms in total. The highest BCUT2D eigenvalue weighted by Gasteiger charge is 2.32. The fourth-order valence-corrected chi connectivity index (χ4v) is 2.53. The van der Waals surface area contributed by atoms with Crippen LogP contribution in [0.15, 0.2) is 17.1 Å². The molecule has 0 aliphatic carbocycles. The Hall–Kier alpha value is -2.51. The minimum Gasteiger partial charge on any atom is -0.471 e. The summed E-state index contributed by atoms with van der Waals surface area (Å²) in [5, 5.41) is 10.4. The Kier molecular flexibility index (Phi) is 3.99. The monoisotopic (exact) mass is 303 g/mol. The van der Waals surface area contributed by atoms with Crippen molar-refractivity contribution in [3.05, 3.63) is 17.8 Å². The number of nitrogens with one attached hydrogen (secondary N) is 1. The SMILES string of the molecule is Cc1ccc(OC2CCCN(C(=O)C3C=NC(=O)N3)C2)nn1. The Morgan fingerprint density at radius 3 is 2.95 bits per heavy atom. The minimum absolute atomic E-state index is 0.122. The van der Waals surface area contributed by atoms with E-state index < -0.39 is 12.1 Å². The number of aryl methyl sites for hydroxylation is 1. The van der Waals surface area contributed by atoms with Crippen molar-refractivity contribution >= 4 is 18.2 Å². The molecule has 2 unspecified atom stereocenters. The molecule has 0 bridgehead atoms. The number of rotatable bonds is 3. The number of ether oxygens (including phenoxy) is 1. The van der Waals surface area contributed by atoms with E-state index in [-0.39, 0.29) is 12.0 Å². The quantitative estimate of drug-likeness (QED) is 0.867. The number of hydrogen-bond donors (Lipinski definition) is 1. The van der Waals surface area contributed by atoms with Crippen LogP contribution in [0.3, 0.4) is 0 Å². The van der Waals surface area contributed by atoms with E-state index in [2.05, 4.69) is 20.5 Å². The van der Waals surface area contributed by atoms with Crippen LogP contribution in [0.4, 0.5) is 4.79 Å². The number of carbonyl (C=O) groups excluding carboxylic acids is 2. The van der Waals surface area contributed by atoms with Gasteiger partial charge in [-0.15, -0.1) is 5.10 Å². The predicted molar refractivity (Wildman–Crippen MR) is 77.8 cm³/mol. The molecule has 1 N–H and O–H groups in total. The Balaban J connectivity index is 1.59. The number of carbonyl (C=O) groups is 2. The van der Waals surface area contributed by atoms with E-state index in [1.807, 2.05) is 13.0 Å². The van der Waals surface area contributed by atoms with Gasteiger partial charge in [0.15, 0.2) is 0 Å². The first-order chi connectivity index (χ1) is 10.6. The second-order valence-electron chi connectivity index (χ2n) is 5.38. The van der Waals surface area contributed by atoms with Gasteiger partial charge in [-0.25, -0.2) is 9.79 Å². The lowest BCUT2D eigenvalue weighted by Crippen LogP contribution is -2.51. The van der Waals surface area contributed by atoms with Crippen molar-refractivity contribution in [3.63, 3.8) is 0 Å². The number of likely N-dealkylation sites (tertiary alicyclic amines) is 1. The van der Waals surface area contributed by atoms with Crippen LogP contribution in [0.2, 0.25) is 0 Å². The van der Waals surface area contributed by atoms with Crippen LogP contribution in [0, 0.1) is 6.92 Å². The fourth-order valence-electron chi connectivity index (χ4n) is 2.53. The van der Waals surface area contributed by atoms with Crippen LogP contribution in [-0.2, 0) is 4.79 Å². The molecule has 3 amide bonds. The highest BCUT2D eigenvalue weighted by Crippen LogP contribution is 2.17. The van der Waals surface area contributed by atoms with Gasteiger partial charge < -0.3 is 15.0 Å². The number of nitrogens with zero attached hydrogens (tertiary/aromatic N) is 4. The third-order valence-electron chi connectivity index (χ3n) is 3.64. The van der Waals surface area contributed by atoms with Crippen molar-refractivity contribution in [2.75, 3.05) is 13.1 Å². The largest absolute Gasteiger partial charge is 0.471 e. The number of hydrogen-bond acceptors (Lipinski definition) is 5. The number of amides is 3. The van der Waals surface area contributed by atoms with Crippen LogP contribution >= 0.6 is 0 Å².